The summed E-state index contributed by atoms with van der Waals surface area (Å²) in [6, 6.07) is 13.7. The lowest BCUT2D eigenvalue weighted by molar-refractivity contribution is 0.111. The van der Waals surface area contributed by atoms with Gasteiger partial charge in [-0.3, -0.25) is 14.4 Å². The number of hydrogen-bond acceptors (Lipinski definition) is 4. The molecule has 3 rings (SSSR count). The average Bonchev–Trinajstić information content (AvgIpc) is 2.54. The van der Waals surface area contributed by atoms with Gasteiger partial charge in [0.1, 0.15) is 16.9 Å². The number of carbonyl (C=O) groups is 2. The molecule has 0 N–H and O–H groups in total. The number of rotatable bonds is 3. The molecule has 0 aliphatic carbocycles. The SMILES string of the molecule is O=Cc1c(-c2ccccc2)oc2cccc(C=O)c2c1=O. The van der Waals surface area contributed by atoms with Crippen molar-refractivity contribution in [3.8, 4) is 11.3 Å². The summed E-state index contributed by atoms with van der Waals surface area (Å²) in [5.41, 5.74) is 0.559. The monoisotopic (exact) mass is 278 g/mol. The number of hydrogen-bond donors (Lipinski definition) is 0. The highest BCUT2D eigenvalue weighted by Gasteiger charge is 2.17. The molecule has 0 amide bonds. The molecule has 0 atom stereocenters. The van der Waals surface area contributed by atoms with Crippen LogP contribution in [0.15, 0.2) is 57.7 Å². The van der Waals surface area contributed by atoms with Gasteiger partial charge in [-0.1, -0.05) is 42.5 Å². The molecule has 102 valence electrons. The van der Waals surface area contributed by atoms with Crippen molar-refractivity contribution in [3.63, 3.8) is 0 Å². The predicted octanol–water partition coefficient (Wildman–Crippen LogP) is 3.09. The second kappa shape index (κ2) is 5.17. The van der Waals surface area contributed by atoms with Gasteiger partial charge in [0.25, 0.3) is 0 Å². The lowest BCUT2D eigenvalue weighted by atomic mass is 10.0. The van der Waals surface area contributed by atoms with Crippen molar-refractivity contribution in [1.29, 1.82) is 0 Å². The Morgan fingerprint density at radius 1 is 0.857 bits per heavy atom. The number of benzene rings is 2. The quantitative estimate of drug-likeness (QED) is 0.690. The van der Waals surface area contributed by atoms with Gasteiger partial charge in [0.2, 0.25) is 5.43 Å². The lowest BCUT2D eigenvalue weighted by Crippen LogP contribution is -2.12. The van der Waals surface area contributed by atoms with Crippen molar-refractivity contribution in [3.05, 3.63) is 69.9 Å². The Bertz CT molecular complexity index is 892. The summed E-state index contributed by atoms with van der Waals surface area (Å²) in [6.45, 7) is 0. The van der Waals surface area contributed by atoms with Gasteiger partial charge in [0.05, 0.1) is 5.39 Å². The van der Waals surface area contributed by atoms with Gasteiger partial charge in [-0.2, -0.15) is 0 Å². The molecule has 0 fully saturated rings. The molecule has 0 saturated heterocycles. The molecule has 0 spiro atoms. The summed E-state index contributed by atoms with van der Waals surface area (Å²) in [4.78, 5) is 34.9. The molecule has 2 aromatic carbocycles. The van der Waals surface area contributed by atoms with Crippen molar-refractivity contribution in [2.45, 2.75) is 0 Å². The van der Waals surface area contributed by atoms with Gasteiger partial charge >= 0.3 is 0 Å². The highest BCUT2D eigenvalue weighted by molar-refractivity contribution is 5.99. The Labute approximate surface area is 119 Å². The van der Waals surface area contributed by atoms with Crippen LogP contribution in [0.2, 0.25) is 0 Å². The van der Waals surface area contributed by atoms with E-state index in [0.29, 0.717) is 18.1 Å². The molecular weight excluding hydrogens is 268 g/mol. The molecule has 1 aromatic heterocycles. The van der Waals surface area contributed by atoms with E-state index in [0.717, 1.165) is 0 Å². The summed E-state index contributed by atoms with van der Waals surface area (Å²) in [5.74, 6) is 0.214. The Kier molecular flexibility index (Phi) is 3.20. The molecule has 0 aliphatic rings. The minimum atomic E-state index is -0.493. The molecule has 3 aromatic rings. The van der Waals surface area contributed by atoms with Crippen LogP contribution in [0.1, 0.15) is 20.7 Å². The third-order valence-electron chi connectivity index (χ3n) is 3.27. The van der Waals surface area contributed by atoms with Crippen molar-refractivity contribution < 1.29 is 14.0 Å². The van der Waals surface area contributed by atoms with Crippen LogP contribution in [0.25, 0.3) is 22.3 Å². The van der Waals surface area contributed by atoms with Crippen LogP contribution in [0.4, 0.5) is 0 Å². The zero-order valence-electron chi connectivity index (χ0n) is 10.9. The first-order valence-electron chi connectivity index (χ1n) is 6.32. The Morgan fingerprint density at radius 3 is 2.29 bits per heavy atom. The first kappa shape index (κ1) is 13.0. The molecule has 0 unspecified atom stereocenters. The first-order valence-corrected chi connectivity index (χ1v) is 6.32. The highest BCUT2D eigenvalue weighted by Crippen LogP contribution is 2.25. The van der Waals surface area contributed by atoms with Gasteiger partial charge in [-0.05, 0) is 6.07 Å². The fourth-order valence-corrected chi connectivity index (χ4v) is 2.29. The summed E-state index contributed by atoms with van der Waals surface area (Å²) in [6.07, 6.45) is 1.05. The highest BCUT2D eigenvalue weighted by atomic mass is 16.3. The van der Waals surface area contributed by atoms with Crippen molar-refractivity contribution in [1.82, 2.24) is 0 Å². The minimum Gasteiger partial charge on any atom is -0.455 e. The van der Waals surface area contributed by atoms with E-state index in [9.17, 15) is 14.4 Å². The van der Waals surface area contributed by atoms with Crippen LogP contribution in [0.5, 0.6) is 0 Å². The Balaban J connectivity index is 2.46. The molecular formula is C17H10O4. The minimum absolute atomic E-state index is 0.0806. The molecule has 0 bridgehead atoms. The fourth-order valence-electron chi connectivity index (χ4n) is 2.29. The maximum atomic E-state index is 12.5. The average molecular weight is 278 g/mol. The maximum Gasteiger partial charge on any atom is 0.204 e. The standard InChI is InChI=1S/C17H10O4/c18-9-12-7-4-8-14-15(12)16(20)13(10-19)17(21-14)11-5-2-1-3-6-11/h1-10H. The molecule has 21 heavy (non-hydrogen) atoms. The van der Waals surface area contributed by atoms with Gasteiger partial charge in [0, 0.05) is 11.1 Å². The summed E-state index contributed by atoms with van der Waals surface area (Å²) in [5, 5.41) is 0.134. The first-order chi connectivity index (χ1) is 10.3. The van der Waals surface area contributed by atoms with E-state index in [2.05, 4.69) is 0 Å². The third kappa shape index (κ3) is 2.07. The van der Waals surface area contributed by atoms with E-state index in [-0.39, 0.29) is 27.9 Å². The zero-order valence-corrected chi connectivity index (χ0v) is 10.9. The normalized spacial score (nSPS) is 10.5. The van der Waals surface area contributed by atoms with Gasteiger partial charge in [-0.25, -0.2) is 0 Å². The molecule has 0 aliphatic heterocycles. The second-order valence-corrected chi connectivity index (χ2v) is 4.50. The third-order valence-corrected chi connectivity index (χ3v) is 3.27. The zero-order chi connectivity index (χ0) is 14.8. The van der Waals surface area contributed by atoms with E-state index in [1.807, 2.05) is 6.07 Å². The summed E-state index contributed by atoms with van der Waals surface area (Å²) in [7, 11) is 0. The van der Waals surface area contributed by atoms with Crippen LogP contribution in [-0.4, -0.2) is 12.6 Å². The number of carbonyl (C=O) groups excluding carboxylic acids is 2. The van der Waals surface area contributed by atoms with Crippen molar-refractivity contribution in [2.24, 2.45) is 0 Å². The van der Waals surface area contributed by atoms with Gasteiger partial charge in [-0.15, -0.1) is 0 Å². The molecule has 4 nitrogen and oxygen atoms in total. The molecule has 4 heteroatoms. The van der Waals surface area contributed by atoms with E-state index in [1.54, 1.807) is 36.4 Å². The van der Waals surface area contributed by atoms with E-state index < -0.39 is 5.43 Å². The number of aldehydes is 2. The van der Waals surface area contributed by atoms with Crippen LogP contribution < -0.4 is 5.43 Å². The van der Waals surface area contributed by atoms with Gasteiger partial charge < -0.3 is 4.42 Å². The topological polar surface area (TPSA) is 64.3 Å². The van der Waals surface area contributed by atoms with Crippen LogP contribution >= 0.6 is 0 Å². The Hall–Kier alpha value is -3.01. The summed E-state index contributed by atoms with van der Waals surface area (Å²) < 4.78 is 5.70. The van der Waals surface area contributed by atoms with Crippen LogP contribution in [-0.2, 0) is 0 Å². The largest absolute Gasteiger partial charge is 0.455 e. The Morgan fingerprint density at radius 2 is 1.62 bits per heavy atom. The fraction of sp³-hybridized carbons (Fsp3) is 0. The lowest BCUT2D eigenvalue weighted by Gasteiger charge is -2.07. The molecule has 0 radical (unpaired) electrons. The molecule has 0 saturated carbocycles. The van der Waals surface area contributed by atoms with Crippen LogP contribution in [0, 0.1) is 0 Å². The smallest absolute Gasteiger partial charge is 0.204 e. The maximum absolute atomic E-state index is 12.5. The number of fused-ring (bicyclic) bond motifs is 1. The molecule has 1 heterocycles. The van der Waals surface area contributed by atoms with Gasteiger partial charge in [0.15, 0.2) is 12.6 Å². The van der Waals surface area contributed by atoms with E-state index in [1.165, 1.54) is 6.07 Å². The predicted molar refractivity (Wildman–Crippen MR) is 78.7 cm³/mol. The van der Waals surface area contributed by atoms with Crippen molar-refractivity contribution in [2.75, 3.05) is 0 Å². The van der Waals surface area contributed by atoms with E-state index in [4.69, 9.17) is 4.42 Å². The van der Waals surface area contributed by atoms with E-state index >= 15 is 0 Å². The van der Waals surface area contributed by atoms with Crippen molar-refractivity contribution >= 4 is 23.5 Å². The van der Waals surface area contributed by atoms with Crippen LogP contribution in [0.3, 0.4) is 0 Å². The summed E-state index contributed by atoms with van der Waals surface area (Å²) >= 11 is 0. The second-order valence-electron chi connectivity index (χ2n) is 4.50.